The molecular formula is C20H21N7O3. The average Bonchev–Trinajstić information content (AvgIpc) is 3.50. The molecule has 0 radical (unpaired) electrons. The largest absolute Gasteiger partial charge is 0.380 e. The Morgan fingerprint density at radius 2 is 2.23 bits per heavy atom. The molecule has 1 N–H and O–H groups in total. The van der Waals surface area contributed by atoms with Gasteiger partial charge in [0.05, 0.1) is 24.8 Å². The van der Waals surface area contributed by atoms with Gasteiger partial charge in [0.2, 0.25) is 17.6 Å². The summed E-state index contributed by atoms with van der Waals surface area (Å²) in [7, 11) is 0. The van der Waals surface area contributed by atoms with Gasteiger partial charge in [-0.15, -0.1) is 0 Å². The van der Waals surface area contributed by atoms with E-state index < -0.39 is 5.41 Å². The summed E-state index contributed by atoms with van der Waals surface area (Å²) >= 11 is 0. The van der Waals surface area contributed by atoms with Crippen LogP contribution in [0.5, 0.6) is 0 Å². The molecule has 3 aromatic heterocycles. The molecular weight excluding hydrogens is 386 g/mol. The second kappa shape index (κ2) is 7.79. The Bertz CT molecular complexity index is 1010. The number of pyridine rings is 1. The van der Waals surface area contributed by atoms with Crippen LogP contribution in [0, 0.1) is 11.3 Å². The van der Waals surface area contributed by atoms with Crippen LogP contribution in [0.25, 0.3) is 11.5 Å². The van der Waals surface area contributed by atoms with Crippen LogP contribution in [0.1, 0.15) is 5.89 Å². The van der Waals surface area contributed by atoms with E-state index in [0.717, 1.165) is 12.4 Å². The van der Waals surface area contributed by atoms with Crippen LogP contribution in [-0.2, 0) is 16.0 Å². The van der Waals surface area contributed by atoms with Crippen LogP contribution in [-0.4, -0.2) is 63.8 Å². The van der Waals surface area contributed by atoms with Gasteiger partial charge in [-0.25, -0.2) is 4.98 Å². The van der Waals surface area contributed by atoms with E-state index >= 15 is 0 Å². The predicted molar refractivity (Wildman–Crippen MR) is 105 cm³/mol. The van der Waals surface area contributed by atoms with Crippen LogP contribution in [0.15, 0.2) is 47.5 Å². The number of carbonyl (C=O) groups excluding carboxylic acids is 1. The molecule has 0 spiro atoms. The van der Waals surface area contributed by atoms with E-state index in [4.69, 9.17) is 9.26 Å². The fourth-order valence-corrected chi connectivity index (χ4v) is 4.10. The minimum Gasteiger partial charge on any atom is -0.380 e. The van der Waals surface area contributed by atoms with E-state index in [1.807, 2.05) is 18.2 Å². The van der Waals surface area contributed by atoms with Gasteiger partial charge in [0.25, 0.3) is 0 Å². The maximum Gasteiger partial charge on any atom is 0.230 e. The van der Waals surface area contributed by atoms with Crippen molar-refractivity contribution in [3.05, 3.63) is 48.9 Å². The highest BCUT2D eigenvalue weighted by Crippen LogP contribution is 2.42. The molecule has 5 rings (SSSR count). The number of rotatable bonds is 6. The number of anilines is 1. The maximum absolute atomic E-state index is 13.1. The summed E-state index contributed by atoms with van der Waals surface area (Å²) < 4.78 is 11.0. The lowest BCUT2D eigenvalue weighted by Crippen LogP contribution is -2.47. The number of nitrogens with one attached hydrogen (secondary N) is 1. The second-order valence-electron chi connectivity index (χ2n) is 7.54. The van der Waals surface area contributed by atoms with Gasteiger partial charge in [0.1, 0.15) is 11.5 Å². The summed E-state index contributed by atoms with van der Waals surface area (Å²) in [5.74, 6) is 1.79. The molecule has 30 heavy (non-hydrogen) atoms. The third-order valence-electron chi connectivity index (χ3n) is 5.69. The highest BCUT2D eigenvalue weighted by Gasteiger charge is 2.56. The lowest BCUT2D eigenvalue weighted by atomic mass is 9.80. The molecule has 0 bridgehead atoms. The summed E-state index contributed by atoms with van der Waals surface area (Å²) in [6.45, 7) is 2.67. The molecule has 154 valence electrons. The number of fused-ring (bicyclic) bond motifs is 1. The zero-order chi connectivity index (χ0) is 20.4. The van der Waals surface area contributed by atoms with Crippen molar-refractivity contribution in [2.75, 3.05) is 37.7 Å². The molecule has 2 saturated heterocycles. The van der Waals surface area contributed by atoms with Gasteiger partial charge in [-0.1, -0.05) is 11.2 Å². The van der Waals surface area contributed by atoms with E-state index in [1.165, 1.54) is 0 Å². The van der Waals surface area contributed by atoms with E-state index in [-0.39, 0.29) is 11.8 Å². The van der Waals surface area contributed by atoms with E-state index in [9.17, 15) is 4.79 Å². The Morgan fingerprint density at radius 3 is 3.07 bits per heavy atom. The first kappa shape index (κ1) is 18.6. The Labute approximate surface area is 172 Å². The number of aromatic nitrogens is 5. The fourth-order valence-electron chi connectivity index (χ4n) is 4.10. The summed E-state index contributed by atoms with van der Waals surface area (Å²) in [6.07, 6.45) is 7.15. The van der Waals surface area contributed by atoms with Gasteiger partial charge >= 0.3 is 0 Å². The molecule has 2 aliphatic heterocycles. The smallest absolute Gasteiger partial charge is 0.230 e. The number of nitrogens with zero attached hydrogens (tertiary/aromatic N) is 6. The van der Waals surface area contributed by atoms with Gasteiger partial charge in [-0.2, -0.15) is 4.98 Å². The van der Waals surface area contributed by atoms with E-state index in [1.54, 1.807) is 24.8 Å². The SMILES string of the molecule is O=C(NCCc1nc(-c2ccccn2)no1)[C@@]12COC[C@@H]1CN(c1cnccn1)C2. The Kier molecular flexibility index (Phi) is 4.83. The quantitative estimate of drug-likeness (QED) is 0.631. The van der Waals surface area contributed by atoms with Crippen molar-refractivity contribution in [3.8, 4) is 11.5 Å². The third-order valence-corrected chi connectivity index (χ3v) is 5.69. The zero-order valence-electron chi connectivity index (χ0n) is 16.3. The van der Waals surface area contributed by atoms with Crippen LogP contribution in [0.2, 0.25) is 0 Å². The zero-order valence-corrected chi connectivity index (χ0v) is 16.3. The number of ether oxygens (including phenoxy) is 1. The molecule has 10 heteroatoms. The lowest BCUT2D eigenvalue weighted by molar-refractivity contribution is -0.131. The van der Waals surface area contributed by atoms with Crippen molar-refractivity contribution in [1.29, 1.82) is 0 Å². The van der Waals surface area contributed by atoms with Gasteiger partial charge < -0.3 is 19.5 Å². The van der Waals surface area contributed by atoms with Crippen molar-refractivity contribution in [2.24, 2.45) is 11.3 Å². The molecule has 2 fully saturated rings. The predicted octanol–water partition coefficient (Wildman–Crippen LogP) is 0.733. The monoisotopic (exact) mass is 407 g/mol. The Morgan fingerprint density at radius 1 is 1.27 bits per heavy atom. The van der Waals surface area contributed by atoms with Crippen molar-refractivity contribution < 1.29 is 14.1 Å². The standard InChI is InChI=1S/C20H21N7O3/c28-19(24-6-4-17-25-18(26-30-17)15-3-1-2-5-22-15)20-12-27(10-14(20)11-29-13-20)16-9-21-7-8-23-16/h1-3,5,7-9,14H,4,6,10-13H2,(H,24,28)/t14-,20-/m0/s1. The summed E-state index contributed by atoms with van der Waals surface area (Å²) in [4.78, 5) is 32.3. The number of carbonyl (C=O) groups is 1. The normalized spacial score (nSPS) is 22.8. The van der Waals surface area contributed by atoms with Gasteiger partial charge in [0.15, 0.2) is 0 Å². The minimum atomic E-state index is -0.578. The van der Waals surface area contributed by atoms with Crippen molar-refractivity contribution in [1.82, 2.24) is 30.4 Å². The summed E-state index contributed by atoms with van der Waals surface area (Å²) in [6, 6.07) is 5.51. The van der Waals surface area contributed by atoms with Crippen molar-refractivity contribution in [3.63, 3.8) is 0 Å². The molecule has 10 nitrogen and oxygen atoms in total. The minimum absolute atomic E-state index is 0.0131. The molecule has 5 heterocycles. The molecule has 1 amide bonds. The van der Waals surface area contributed by atoms with Gasteiger partial charge in [-0.3, -0.25) is 14.8 Å². The molecule has 0 aromatic carbocycles. The lowest BCUT2D eigenvalue weighted by Gasteiger charge is -2.26. The van der Waals surface area contributed by atoms with Crippen LogP contribution in [0.4, 0.5) is 5.82 Å². The summed E-state index contributed by atoms with van der Waals surface area (Å²) in [5.41, 5.74) is 0.0716. The van der Waals surface area contributed by atoms with Crippen LogP contribution < -0.4 is 10.2 Å². The molecule has 2 atom stereocenters. The molecule has 0 unspecified atom stereocenters. The average molecular weight is 407 g/mol. The first-order chi connectivity index (χ1) is 14.7. The van der Waals surface area contributed by atoms with Crippen molar-refractivity contribution >= 4 is 11.7 Å². The summed E-state index contributed by atoms with van der Waals surface area (Å²) in [5, 5.41) is 6.99. The number of amides is 1. The van der Waals surface area contributed by atoms with Crippen LogP contribution >= 0.6 is 0 Å². The molecule has 0 aliphatic carbocycles. The second-order valence-corrected chi connectivity index (χ2v) is 7.54. The highest BCUT2D eigenvalue weighted by molar-refractivity contribution is 5.85. The first-order valence-corrected chi connectivity index (χ1v) is 9.86. The number of hydrogen-bond donors (Lipinski definition) is 1. The Hall–Kier alpha value is -3.40. The topological polar surface area (TPSA) is 119 Å². The fraction of sp³-hybridized carbons (Fsp3) is 0.400. The van der Waals surface area contributed by atoms with Crippen LogP contribution in [0.3, 0.4) is 0 Å². The van der Waals surface area contributed by atoms with E-state index in [0.29, 0.717) is 50.1 Å². The van der Waals surface area contributed by atoms with E-state index in [2.05, 4.69) is 35.3 Å². The Balaban J connectivity index is 1.21. The molecule has 0 saturated carbocycles. The van der Waals surface area contributed by atoms with Gasteiger partial charge in [-0.05, 0) is 12.1 Å². The molecule has 3 aromatic rings. The maximum atomic E-state index is 13.1. The van der Waals surface area contributed by atoms with Gasteiger partial charge in [0, 0.05) is 50.6 Å². The molecule has 2 aliphatic rings. The van der Waals surface area contributed by atoms with Crippen molar-refractivity contribution in [2.45, 2.75) is 6.42 Å². The first-order valence-electron chi connectivity index (χ1n) is 9.86. The highest BCUT2D eigenvalue weighted by atomic mass is 16.5. The third kappa shape index (κ3) is 3.39. The number of hydrogen-bond acceptors (Lipinski definition) is 9.